The fraction of sp³-hybridized carbons (Fsp3) is 0.250. The summed E-state index contributed by atoms with van der Waals surface area (Å²) in [6, 6.07) is 16.5. The third kappa shape index (κ3) is 5.68. The summed E-state index contributed by atoms with van der Waals surface area (Å²) >= 11 is 1.25. The quantitative estimate of drug-likeness (QED) is 0.464. The number of fused-ring (bicyclic) bond motifs is 1. The van der Waals surface area contributed by atoms with Crippen LogP contribution in [0.3, 0.4) is 0 Å². The Balaban J connectivity index is 1.36. The molecule has 6 nitrogen and oxygen atoms in total. The number of carboxylic acids is 1. The van der Waals surface area contributed by atoms with E-state index in [9.17, 15) is 9.90 Å². The predicted molar refractivity (Wildman–Crippen MR) is 105 cm³/mol. The van der Waals surface area contributed by atoms with Crippen LogP contribution in [0.5, 0.6) is 11.5 Å². The van der Waals surface area contributed by atoms with Crippen LogP contribution in [0, 0.1) is 0 Å². The second-order valence-corrected chi connectivity index (χ2v) is 7.03. The number of hydrogen-bond acceptors (Lipinski definition) is 6. The molecule has 1 atom stereocenters. The second-order valence-electron chi connectivity index (χ2n) is 5.95. The van der Waals surface area contributed by atoms with Crippen LogP contribution in [0.15, 0.2) is 54.6 Å². The van der Waals surface area contributed by atoms with Crippen molar-refractivity contribution in [3.8, 4) is 11.5 Å². The van der Waals surface area contributed by atoms with Crippen molar-refractivity contribution < 1.29 is 24.5 Å². The van der Waals surface area contributed by atoms with Crippen molar-refractivity contribution in [2.24, 2.45) is 0 Å². The molecule has 142 valence electrons. The molecule has 2 aromatic carbocycles. The summed E-state index contributed by atoms with van der Waals surface area (Å²) in [6.45, 7) is 1.64. The van der Waals surface area contributed by atoms with Gasteiger partial charge in [-0.2, -0.15) is 0 Å². The van der Waals surface area contributed by atoms with Gasteiger partial charge in [-0.15, -0.1) is 11.3 Å². The van der Waals surface area contributed by atoms with Gasteiger partial charge in [0.25, 0.3) is 0 Å². The van der Waals surface area contributed by atoms with Gasteiger partial charge in [0.15, 0.2) is 0 Å². The molecule has 27 heavy (non-hydrogen) atoms. The van der Waals surface area contributed by atoms with Gasteiger partial charge in [0.2, 0.25) is 0 Å². The molecule has 0 fully saturated rings. The van der Waals surface area contributed by atoms with E-state index in [0.717, 1.165) is 15.8 Å². The van der Waals surface area contributed by atoms with Gasteiger partial charge in [0.05, 0.1) is 0 Å². The Hall–Kier alpha value is -2.61. The average Bonchev–Trinajstić information content (AvgIpc) is 3.11. The lowest BCUT2D eigenvalue weighted by molar-refractivity contribution is 0.0702. The summed E-state index contributed by atoms with van der Waals surface area (Å²) < 4.78 is 12.1. The van der Waals surface area contributed by atoms with Crippen molar-refractivity contribution in [2.45, 2.75) is 6.10 Å². The van der Waals surface area contributed by atoms with Crippen molar-refractivity contribution >= 4 is 27.4 Å². The van der Waals surface area contributed by atoms with Gasteiger partial charge in [-0.05, 0) is 41.8 Å². The number of benzene rings is 2. The smallest absolute Gasteiger partial charge is 0.345 e. The van der Waals surface area contributed by atoms with Crippen molar-refractivity contribution in [3.05, 3.63) is 59.5 Å². The lowest BCUT2D eigenvalue weighted by Gasteiger charge is -2.13. The zero-order valence-electron chi connectivity index (χ0n) is 14.6. The van der Waals surface area contributed by atoms with Crippen molar-refractivity contribution in [3.63, 3.8) is 0 Å². The van der Waals surface area contributed by atoms with Crippen LogP contribution in [0.4, 0.5) is 0 Å². The Morgan fingerprint density at radius 3 is 2.67 bits per heavy atom. The fourth-order valence-corrected chi connectivity index (χ4v) is 3.38. The van der Waals surface area contributed by atoms with E-state index in [1.54, 1.807) is 6.07 Å². The first-order valence-electron chi connectivity index (χ1n) is 8.58. The van der Waals surface area contributed by atoms with Crippen molar-refractivity contribution in [1.82, 2.24) is 5.32 Å². The van der Waals surface area contributed by atoms with Crippen molar-refractivity contribution in [1.29, 1.82) is 0 Å². The molecule has 0 spiro atoms. The lowest BCUT2D eigenvalue weighted by Crippen LogP contribution is -2.33. The zero-order valence-corrected chi connectivity index (χ0v) is 15.4. The highest BCUT2D eigenvalue weighted by Gasteiger charge is 2.09. The van der Waals surface area contributed by atoms with Gasteiger partial charge in [-0.1, -0.05) is 18.2 Å². The molecule has 0 aliphatic heterocycles. The number of thiophene rings is 1. The number of rotatable bonds is 10. The summed E-state index contributed by atoms with van der Waals surface area (Å²) in [5.74, 6) is 0.499. The molecular weight excluding hydrogens is 366 g/mol. The summed E-state index contributed by atoms with van der Waals surface area (Å²) in [4.78, 5) is 11.3. The number of carboxylic acid groups (broad SMARTS) is 1. The third-order valence-electron chi connectivity index (χ3n) is 3.81. The Bertz CT molecular complexity index is 880. The van der Waals surface area contributed by atoms with Crippen LogP contribution in [0.2, 0.25) is 0 Å². The van der Waals surface area contributed by atoms with E-state index in [2.05, 4.69) is 5.32 Å². The lowest BCUT2D eigenvalue weighted by atomic mass is 10.2. The summed E-state index contributed by atoms with van der Waals surface area (Å²) in [5.41, 5.74) is 0. The number of carbonyl (C=O) groups is 1. The molecule has 7 heteroatoms. The van der Waals surface area contributed by atoms with Crippen LogP contribution in [-0.2, 0) is 0 Å². The average molecular weight is 387 g/mol. The second kappa shape index (κ2) is 9.36. The number of aliphatic hydroxyl groups is 1. The molecule has 1 aromatic heterocycles. The van der Waals surface area contributed by atoms with E-state index < -0.39 is 12.1 Å². The number of aromatic carboxylic acids is 1. The molecule has 3 rings (SSSR count). The first-order chi connectivity index (χ1) is 13.1. The maximum Gasteiger partial charge on any atom is 0.345 e. The molecule has 3 aromatic rings. The summed E-state index contributed by atoms with van der Waals surface area (Å²) in [7, 11) is 0. The molecule has 0 saturated carbocycles. The van der Waals surface area contributed by atoms with E-state index >= 15 is 0 Å². The van der Waals surface area contributed by atoms with Crippen LogP contribution >= 0.6 is 11.3 Å². The van der Waals surface area contributed by atoms with E-state index in [0.29, 0.717) is 30.3 Å². The van der Waals surface area contributed by atoms with Gasteiger partial charge in [-0.25, -0.2) is 4.79 Å². The number of aliphatic hydroxyl groups excluding tert-OH is 1. The van der Waals surface area contributed by atoms with Gasteiger partial charge < -0.3 is 25.0 Å². The first-order valence-corrected chi connectivity index (χ1v) is 9.40. The molecule has 0 radical (unpaired) electrons. The van der Waals surface area contributed by atoms with E-state index in [4.69, 9.17) is 14.6 Å². The molecule has 0 aliphatic carbocycles. The molecule has 1 heterocycles. The minimum atomic E-state index is -0.919. The summed E-state index contributed by atoms with van der Waals surface area (Å²) in [6.07, 6.45) is -0.609. The van der Waals surface area contributed by atoms with Crippen molar-refractivity contribution in [2.75, 3.05) is 26.3 Å². The van der Waals surface area contributed by atoms with Gasteiger partial charge >= 0.3 is 5.97 Å². The van der Waals surface area contributed by atoms with E-state index in [-0.39, 0.29) is 6.61 Å². The van der Waals surface area contributed by atoms with Crippen LogP contribution in [-0.4, -0.2) is 48.6 Å². The topological polar surface area (TPSA) is 88.0 Å². The Labute approximate surface area is 161 Å². The van der Waals surface area contributed by atoms with Gasteiger partial charge in [0.1, 0.15) is 35.7 Å². The number of nitrogens with one attached hydrogen (secondary N) is 1. The minimum absolute atomic E-state index is 0.221. The number of ether oxygens (including phenoxy) is 2. The minimum Gasteiger partial charge on any atom is -0.492 e. The zero-order chi connectivity index (χ0) is 19.1. The third-order valence-corrected chi connectivity index (χ3v) is 4.92. The molecule has 0 unspecified atom stereocenters. The number of para-hydroxylation sites is 1. The normalized spacial score (nSPS) is 12.0. The largest absolute Gasteiger partial charge is 0.492 e. The van der Waals surface area contributed by atoms with Crippen LogP contribution < -0.4 is 14.8 Å². The molecule has 0 bridgehead atoms. The van der Waals surface area contributed by atoms with Crippen LogP contribution in [0.25, 0.3) is 10.1 Å². The standard InChI is InChI=1S/C20H21NO5S/c22-15(13-26-16-4-2-1-3-5-16)12-21-8-9-25-17-6-7-18-14(10-17)11-19(27-18)20(23)24/h1-7,10-11,15,21-22H,8-9,12-13H2,(H,23,24)/t15-/m0/s1. The Kier molecular flexibility index (Phi) is 6.64. The maximum absolute atomic E-state index is 11.0. The molecule has 0 aliphatic rings. The Morgan fingerprint density at radius 1 is 1.07 bits per heavy atom. The first kappa shape index (κ1) is 19.2. The predicted octanol–water partition coefficient (Wildman–Crippen LogP) is 3.01. The van der Waals surface area contributed by atoms with Crippen LogP contribution in [0.1, 0.15) is 9.67 Å². The van der Waals surface area contributed by atoms with E-state index in [1.165, 1.54) is 11.3 Å². The molecule has 0 saturated heterocycles. The maximum atomic E-state index is 11.0. The summed E-state index contributed by atoms with van der Waals surface area (Å²) in [5, 5.41) is 22.9. The number of hydrogen-bond donors (Lipinski definition) is 3. The van der Waals surface area contributed by atoms with E-state index in [1.807, 2.05) is 48.5 Å². The Morgan fingerprint density at radius 2 is 1.89 bits per heavy atom. The van der Waals surface area contributed by atoms with Gasteiger partial charge in [0, 0.05) is 17.8 Å². The molecule has 0 amide bonds. The monoisotopic (exact) mass is 387 g/mol. The van der Waals surface area contributed by atoms with Gasteiger partial charge in [-0.3, -0.25) is 0 Å². The highest BCUT2D eigenvalue weighted by atomic mass is 32.1. The molecule has 3 N–H and O–H groups in total. The molecular formula is C20H21NO5S. The highest BCUT2D eigenvalue weighted by Crippen LogP contribution is 2.28. The fourth-order valence-electron chi connectivity index (χ4n) is 2.49. The highest BCUT2D eigenvalue weighted by molar-refractivity contribution is 7.20. The SMILES string of the molecule is O=C(O)c1cc2cc(OCCNC[C@H](O)COc3ccccc3)ccc2s1.